The Morgan fingerprint density at radius 3 is 2.69 bits per heavy atom. The molecule has 0 bridgehead atoms. The topological polar surface area (TPSA) is 26.0 Å². The molecule has 0 aliphatic heterocycles. The molecule has 0 amide bonds. The molecule has 0 spiro atoms. The van der Waals surface area contributed by atoms with E-state index in [2.05, 4.69) is 6.92 Å². The van der Waals surface area contributed by atoms with Crippen molar-refractivity contribution in [3.8, 4) is 0 Å². The van der Waals surface area contributed by atoms with E-state index in [9.17, 15) is 8.78 Å². The Morgan fingerprint density at radius 1 is 1.38 bits per heavy atom. The van der Waals surface area contributed by atoms with Crippen LogP contribution in [0.1, 0.15) is 31.7 Å². The highest BCUT2D eigenvalue weighted by atomic mass is 19.2. The van der Waals surface area contributed by atoms with Gasteiger partial charge in [0.1, 0.15) is 0 Å². The van der Waals surface area contributed by atoms with Crippen LogP contribution in [0.25, 0.3) is 0 Å². The minimum Gasteiger partial charge on any atom is -0.328 e. The molecule has 0 radical (unpaired) electrons. The molecule has 1 aliphatic rings. The van der Waals surface area contributed by atoms with Crippen LogP contribution in [0.4, 0.5) is 8.78 Å². The molecule has 1 saturated carbocycles. The van der Waals surface area contributed by atoms with Crippen LogP contribution >= 0.6 is 0 Å². The van der Waals surface area contributed by atoms with Gasteiger partial charge in [-0.05, 0) is 48.8 Å². The fourth-order valence-corrected chi connectivity index (χ4v) is 2.67. The first kappa shape index (κ1) is 11.5. The van der Waals surface area contributed by atoms with Crippen molar-refractivity contribution in [2.45, 2.75) is 38.6 Å². The summed E-state index contributed by atoms with van der Waals surface area (Å²) in [7, 11) is 0. The number of benzene rings is 1. The molecular formula is C13H17F2N. The molecular weight excluding hydrogens is 208 g/mol. The van der Waals surface area contributed by atoms with Crippen molar-refractivity contribution in [3.05, 3.63) is 35.4 Å². The average molecular weight is 225 g/mol. The van der Waals surface area contributed by atoms with Crippen molar-refractivity contribution in [1.82, 2.24) is 0 Å². The van der Waals surface area contributed by atoms with Crippen LogP contribution in [0.3, 0.4) is 0 Å². The van der Waals surface area contributed by atoms with Gasteiger partial charge in [0, 0.05) is 6.04 Å². The van der Waals surface area contributed by atoms with Gasteiger partial charge in [0.2, 0.25) is 0 Å². The first-order valence-corrected chi connectivity index (χ1v) is 5.68. The molecule has 1 aromatic rings. The molecule has 3 heteroatoms. The zero-order chi connectivity index (χ0) is 11.8. The van der Waals surface area contributed by atoms with Crippen LogP contribution in [0.5, 0.6) is 0 Å². The second kappa shape index (κ2) is 4.13. The summed E-state index contributed by atoms with van der Waals surface area (Å²) in [6, 6.07) is 4.41. The summed E-state index contributed by atoms with van der Waals surface area (Å²) in [6.45, 7) is 2.17. The largest absolute Gasteiger partial charge is 0.328 e. The van der Waals surface area contributed by atoms with Gasteiger partial charge in [0.15, 0.2) is 11.6 Å². The van der Waals surface area contributed by atoms with E-state index in [0.29, 0.717) is 0 Å². The molecule has 88 valence electrons. The second-order valence-electron chi connectivity index (χ2n) is 5.24. The normalized spacial score (nSPS) is 29.6. The lowest BCUT2D eigenvalue weighted by molar-refractivity contribution is 0.328. The summed E-state index contributed by atoms with van der Waals surface area (Å²) in [5.41, 5.74) is 6.88. The third-order valence-corrected chi connectivity index (χ3v) is 3.49. The van der Waals surface area contributed by atoms with Gasteiger partial charge in [-0.25, -0.2) is 8.78 Å². The fraction of sp³-hybridized carbons (Fsp3) is 0.538. The molecule has 1 aliphatic carbocycles. The lowest BCUT2D eigenvalue weighted by atomic mass is 9.82. The van der Waals surface area contributed by atoms with E-state index in [1.807, 2.05) is 0 Å². The van der Waals surface area contributed by atoms with E-state index in [1.54, 1.807) is 6.07 Å². The third kappa shape index (κ3) is 2.40. The predicted molar refractivity (Wildman–Crippen MR) is 60.0 cm³/mol. The molecule has 16 heavy (non-hydrogen) atoms. The summed E-state index contributed by atoms with van der Waals surface area (Å²) >= 11 is 0. The standard InChI is InChI=1S/C13H17F2N/c1-13(5-4-10(16)8-13)7-9-2-3-11(14)12(15)6-9/h2-3,6,10H,4-5,7-8,16H2,1H3. The monoisotopic (exact) mass is 225 g/mol. The summed E-state index contributed by atoms with van der Waals surface area (Å²) in [6.07, 6.45) is 3.83. The van der Waals surface area contributed by atoms with Crippen molar-refractivity contribution >= 4 is 0 Å². The Hall–Kier alpha value is -0.960. The van der Waals surface area contributed by atoms with Crippen LogP contribution in [0.2, 0.25) is 0 Å². The number of hydrogen-bond donors (Lipinski definition) is 1. The Balaban J connectivity index is 2.12. The minimum atomic E-state index is -0.781. The highest BCUT2D eigenvalue weighted by molar-refractivity contribution is 5.19. The quantitative estimate of drug-likeness (QED) is 0.822. The molecule has 1 aromatic carbocycles. The van der Waals surface area contributed by atoms with Gasteiger partial charge in [-0.3, -0.25) is 0 Å². The maximum Gasteiger partial charge on any atom is 0.159 e. The van der Waals surface area contributed by atoms with Gasteiger partial charge in [-0.15, -0.1) is 0 Å². The number of nitrogens with two attached hydrogens (primary N) is 1. The molecule has 1 fully saturated rings. The SMILES string of the molecule is CC1(Cc2ccc(F)c(F)c2)CCC(N)C1. The highest BCUT2D eigenvalue weighted by Crippen LogP contribution is 2.39. The molecule has 2 rings (SSSR count). The average Bonchev–Trinajstić information content (AvgIpc) is 2.52. The molecule has 2 N–H and O–H groups in total. The van der Waals surface area contributed by atoms with Crippen LogP contribution in [-0.2, 0) is 6.42 Å². The van der Waals surface area contributed by atoms with E-state index >= 15 is 0 Å². The van der Waals surface area contributed by atoms with Gasteiger partial charge in [-0.1, -0.05) is 13.0 Å². The number of halogens is 2. The molecule has 0 aromatic heterocycles. The van der Waals surface area contributed by atoms with Crippen LogP contribution in [0, 0.1) is 17.0 Å². The van der Waals surface area contributed by atoms with E-state index in [4.69, 9.17) is 5.73 Å². The second-order valence-corrected chi connectivity index (χ2v) is 5.24. The lowest BCUT2D eigenvalue weighted by Crippen LogP contribution is -2.21. The van der Waals surface area contributed by atoms with Gasteiger partial charge in [0.25, 0.3) is 0 Å². The van der Waals surface area contributed by atoms with Crippen LogP contribution < -0.4 is 5.73 Å². The maximum absolute atomic E-state index is 13.1. The molecule has 0 heterocycles. The summed E-state index contributed by atoms with van der Waals surface area (Å²) in [4.78, 5) is 0. The molecule has 1 nitrogen and oxygen atoms in total. The van der Waals surface area contributed by atoms with Gasteiger partial charge >= 0.3 is 0 Å². The summed E-state index contributed by atoms with van der Waals surface area (Å²) in [5, 5.41) is 0. The van der Waals surface area contributed by atoms with Crippen molar-refractivity contribution < 1.29 is 8.78 Å². The Labute approximate surface area is 94.7 Å². The Bertz CT molecular complexity index is 392. The van der Waals surface area contributed by atoms with Gasteiger partial charge in [0.05, 0.1) is 0 Å². The van der Waals surface area contributed by atoms with Crippen molar-refractivity contribution in [1.29, 1.82) is 0 Å². The van der Waals surface area contributed by atoms with E-state index in [-0.39, 0.29) is 11.5 Å². The Kier molecular flexibility index (Phi) is 2.98. The van der Waals surface area contributed by atoms with E-state index in [0.717, 1.165) is 31.2 Å². The molecule has 0 saturated heterocycles. The number of hydrogen-bond acceptors (Lipinski definition) is 1. The maximum atomic E-state index is 13.1. The summed E-state index contributed by atoms with van der Waals surface area (Å²) in [5.74, 6) is -1.54. The van der Waals surface area contributed by atoms with Crippen LogP contribution in [-0.4, -0.2) is 6.04 Å². The molecule has 2 atom stereocenters. The summed E-state index contributed by atoms with van der Waals surface area (Å²) < 4.78 is 25.8. The number of rotatable bonds is 2. The zero-order valence-electron chi connectivity index (χ0n) is 9.47. The first-order valence-electron chi connectivity index (χ1n) is 5.68. The lowest BCUT2D eigenvalue weighted by Gasteiger charge is -2.23. The zero-order valence-corrected chi connectivity index (χ0v) is 9.47. The fourth-order valence-electron chi connectivity index (χ4n) is 2.67. The van der Waals surface area contributed by atoms with E-state index in [1.165, 1.54) is 12.1 Å². The molecule has 2 unspecified atom stereocenters. The van der Waals surface area contributed by atoms with Crippen molar-refractivity contribution in [2.75, 3.05) is 0 Å². The van der Waals surface area contributed by atoms with Crippen LogP contribution in [0.15, 0.2) is 18.2 Å². The predicted octanol–water partition coefficient (Wildman–Crippen LogP) is 3.02. The highest BCUT2D eigenvalue weighted by Gasteiger charge is 2.33. The van der Waals surface area contributed by atoms with Crippen molar-refractivity contribution in [2.24, 2.45) is 11.1 Å². The third-order valence-electron chi connectivity index (χ3n) is 3.49. The first-order chi connectivity index (χ1) is 7.48. The van der Waals surface area contributed by atoms with E-state index < -0.39 is 11.6 Å². The minimum absolute atomic E-state index is 0.143. The van der Waals surface area contributed by atoms with Crippen molar-refractivity contribution in [3.63, 3.8) is 0 Å². The van der Waals surface area contributed by atoms with Gasteiger partial charge in [-0.2, -0.15) is 0 Å². The van der Waals surface area contributed by atoms with Gasteiger partial charge < -0.3 is 5.73 Å². The smallest absolute Gasteiger partial charge is 0.159 e. The Morgan fingerprint density at radius 2 is 2.12 bits per heavy atom.